The van der Waals surface area contributed by atoms with E-state index >= 15 is 0 Å². The van der Waals surface area contributed by atoms with Crippen LogP contribution in [0.25, 0.3) is 0 Å². The van der Waals surface area contributed by atoms with Crippen LogP contribution in [-0.4, -0.2) is 19.1 Å². The van der Waals surface area contributed by atoms with Crippen molar-refractivity contribution in [3.05, 3.63) is 23.3 Å². The van der Waals surface area contributed by atoms with Crippen LogP contribution in [0.15, 0.2) is 21.9 Å². The predicted octanol–water partition coefficient (Wildman–Crippen LogP) is 3.86. The third-order valence-corrected chi connectivity index (χ3v) is 4.86. The molecule has 1 fully saturated rings. The minimum absolute atomic E-state index is 0.578. The summed E-state index contributed by atoms with van der Waals surface area (Å²) in [5.41, 5.74) is 2.90. The fraction of sp³-hybridized carbons (Fsp3) is 0.538. The third-order valence-electron chi connectivity index (χ3n) is 3.18. The lowest BCUT2D eigenvalue weighted by Gasteiger charge is -2.17. The first kappa shape index (κ1) is 12.3. The maximum absolute atomic E-state index is 3.60. The summed E-state index contributed by atoms with van der Waals surface area (Å²) in [5, 5.41) is 3.60. The summed E-state index contributed by atoms with van der Waals surface area (Å²) in [6.07, 6.45) is 6.92. The van der Waals surface area contributed by atoms with E-state index in [1.165, 1.54) is 40.3 Å². The van der Waals surface area contributed by atoms with Gasteiger partial charge >= 0.3 is 0 Å². The molecule has 88 valence electrons. The van der Waals surface area contributed by atoms with E-state index in [2.05, 4.69) is 36.9 Å². The van der Waals surface area contributed by atoms with Crippen LogP contribution in [0.1, 0.15) is 30.0 Å². The molecule has 0 aromatic heterocycles. The summed E-state index contributed by atoms with van der Waals surface area (Å²) in [6.45, 7) is 3.37. The van der Waals surface area contributed by atoms with Gasteiger partial charge < -0.3 is 5.32 Å². The molecule has 1 aromatic rings. The Balaban J connectivity index is 2.40. The fourth-order valence-electron chi connectivity index (χ4n) is 2.30. The van der Waals surface area contributed by atoms with Crippen molar-refractivity contribution in [2.24, 2.45) is 0 Å². The maximum atomic E-state index is 3.60. The Morgan fingerprint density at radius 2 is 1.94 bits per heavy atom. The molecule has 1 aromatic carbocycles. The monoisotopic (exact) mass is 253 g/mol. The molecule has 2 rings (SSSR count). The summed E-state index contributed by atoms with van der Waals surface area (Å²) >= 11 is 3.72. The van der Waals surface area contributed by atoms with Crippen molar-refractivity contribution in [3.8, 4) is 0 Å². The molecule has 0 saturated carbocycles. The highest BCUT2D eigenvalue weighted by Crippen LogP contribution is 2.35. The second-order valence-corrected chi connectivity index (χ2v) is 5.91. The smallest absolute Gasteiger partial charge is 0.0332 e. The summed E-state index contributed by atoms with van der Waals surface area (Å²) in [4.78, 5) is 2.86. The van der Waals surface area contributed by atoms with Crippen molar-refractivity contribution in [1.29, 1.82) is 0 Å². The topological polar surface area (TPSA) is 12.0 Å². The van der Waals surface area contributed by atoms with Gasteiger partial charge in [0.1, 0.15) is 0 Å². The number of aryl methyl sites for hydroxylation is 1. The Morgan fingerprint density at radius 3 is 2.50 bits per heavy atom. The molecule has 0 aliphatic carbocycles. The Kier molecular flexibility index (Phi) is 4.22. The zero-order chi connectivity index (χ0) is 11.5. The highest BCUT2D eigenvalue weighted by atomic mass is 32.2. The van der Waals surface area contributed by atoms with Crippen LogP contribution in [-0.2, 0) is 0 Å². The molecule has 1 atom stereocenters. The van der Waals surface area contributed by atoms with E-state index in [1.807, 2.05) is 23.5 Å². The van der Waals surface area contributed by atoms with Gasteiger partial charge in [0, 0.05) is 15.8 Å². The van der Waals surface area contributed by atoms with E-state index in [1.54, 1.807) is 0 Å². The minimum atomic E-state index is 0.578. The van der Waals surface area contributed by atoms with Gasteiger partial charge in [0.05, 0.1) is 0 Å². The number of hydrogen-bond donors (Lipinski definition) is 1. The van der Waals surface area contributed by atoms with Crippen LogP contribution in [0.5, 0.6) is 0 Å². The summed E-state index contributed by atoms with van der Waals surface area (Å²) in [5.74, 6) is 0. The minimum Gasteiger partial charge on any atom is -0.310 e. The van der Waals surface area contributed by atoms with Crippen LogP contribution in [0.2, 0.25) is 0 Å². The van der Waals surface area contributed by atoms with Gasteiger partial charge in [-0.1, -0.05) is 0 Å². The molecule has 0 radical (unpaired) electrons. The number of benzene rings is 1. The van der Waals surface area contributed by atoms with Crippen LogP contribution in [0.4, 0.5) is 0 Å². The summed E-state index contributed by atoms with van der Waals surface area (Å²) in [6, 6.07) is 5.30. The van der Waals surface area contributed by atoms with Crippen LogP contribution >= 0.6 is 23.5 Å². The van der Waals surface area contributed by atoms with E-state index in [4.69, 9.17) is 0 Å². The average Bonchev–Trinajstić information content (AvgIpc) is 2.82. The molecule has 1 N–H and O–H groups in total. The van der Waals surface area contributed by atoms with E-state index in [-0.39, 0.29) is 0 Å². The highest BCUT2D eigenvalue weighted by Gasteiger charge is 2.20. The normalized spacial score (nSPS) is 20.3. The molecular weight excluding hydrogens is 234 g/mol. The molecule has 1 saturated heterocycles. The average molecular weight is 253 g/mol. The standard InChI is InChI=1S/C13H19NS2/c1-9-7-13(16-3)10(8-12(9)15-2)11-5-4-6-14-11/h7-8,11,14H,4-6H2,1-3H3. The van der Waals surface area contributed by atoms with E-state index in [0.29, 0.717) is 6.04 Å². The van der Waals surface area contributed by atoms with Crippen LogP contribution < -0.4 is 5.32 Å². The zero-order valence-electron chi connectivity index (χ0n) is 10.2. The second-order valence-electron chi connectivity index (χ2n) is 4.21. The Hall–Kier alpha value is -0.120. The molecule has 1 aliphatic heterocycles. The first-order valence-electron chi connectivity index (χ1n) is 5.72. The molecule has 1 unspecified atom stereocenters. The van der Waals surface area contributed by atoms with Gasteiger partial charge in [0.15, 0.2) is 0 Å². The van der Waals surface area contributed by atoms with Crippen LogP contribution in [0, 0.1) is 6.92 Å². The van der Waals surface area contributed by atoms with Gasteiger partial charge in [0.25, 0.3) is 0 Å². The summed E-state index contributed by atoms with van der Waals surface area (Å²) in [7, 11) is 0. The van der Waals surface area contributed by atoms with Crippen molar-refractivity contribution >= 4 is 23.5 Å². The Morgan fingerprint density at radius 1 is 1.19 bits per heavy atom. The third kappa shape index (κ3) is 2.41. The first-order valence-corrected chi connectivity index (χ1v) is 8.17. The number of nitrogens with one attached hydrogen (secondary N) is 1. The lowest BCUT2D eigenvalue weighted by molar-refractivity contribution is 0.634. The molecule has 1 nitrogen and oxygen atoms in total. The lowest BCUT2D eigenvalue weighted by Crippen LogP contribution is -2.14. The Bertz CT molecular complexity index is 370. The number of hydrogen-bond acceptors (Lipinski definition) is 3. The van der Waals surface area contributed by atoms with Crippen molar-refractivity contribution < 1.29 is 0 Å². The lowest BCUT2D eigenvalue weighted by atomic mass is 10.0. The number of thioether (sulfide) groups is 2. The Labute approximate surface area is 107 Å². The molecule has 16 heavy (non-hydrogen) atoms. The first-order chi connectivity index (χ1) is 7.76. The van der Waals surface area contributed by atoms with E-state index in [9.17, 15) is 0 Å². The zero-order valence-corrected chi connectivity index (χ0v) is 11.8. The van der Waals surface area contributed by atoms with E-state index < -0.39 is 0 Å². The van der Waals surface area contributed by atoms with Gasteiger partial charge in [-0.05, 0) is 62.1 Å². The summed E-state index contributed by atoms with van der Waals surface area (Å²) < 4.78 is 0. The molecular formula is C13H19NS2. The van der Waals surface area contributed by atoms with Gasteiger partial charge in [0.2, 0.25) is 0 Å². The molecule has 0 bridgehead atoms. The fourth-order valence-corrected chi connectivity index (χ4v) is 3.65. The van der Waals surface area contributed by atoms with Gasteiger partial charge in [-0.3, -0.25) is 0 Å². The van der Waals surface area contributed by atoms with Crippen molar-refractivity contribution in [2.75, 3.05) is 19.1 Å². The largest absolute Gasteiger partial charge is 0.310 e. The predicted molar refractivity (Wildman–Crippen MR) is 74.7 cm³/mol. The molecule has 0 amide bonds. The van der Waals surface area contributed by atoms with E-state index in [0.717, 1.165) is 0 Å². The van der Waals surface area contributed by atoms with Gasteiger partial charge in [-0.25, -0.2) is 0 Å². The molecule has 3 heteroatoms. The van der Waals surface area contributed by atoms with Gasteiger partial charge in [-0.2, -0.15) is 0 Å². The highest BCUT2D eigenvalue weighted by molar-refractivity contribution is 7.99. The van der Waals surface area contributed by atoms with Crippen molar-refractivity contribution in [3.63, 3.8) is 0 Å². The molecule has 0 spiro atoms. The maximum Gasteiger partial charge on any atom is 0.0332 e. The SMILES string of the molecule is CSc1cc(C2CCCN2)c(SC)cc1C. The van der Waals surface area contributed by atoms with Crippen molar-refractivity contribution in [1.82, 2.24) is 5.32 Å². The van der Waals surface area contributed by atoms with Crippen molar-refractivity contribution in [2.45, 2.75) is 35.6 Å². The number of rotatable bonds is 3. The van der Waals surface area contributed by atoms with Gasteiger partial charge in [-0.15, -0.1) is 23.5 Å². The quantitative estimate of drug-likeness (QED) is 0.822. The van der Waals surface area contributed by atoms with Crippen LogP contribution in [0.3, 0.4) is 0 Å². The molecule has 1 aliphatic rings. The second kappa shape index (κ2) is 5.48. The molecule has 1 heterocycles.